The van der Waals surface area contributed by atoms with Crippen molar-refractivity contribution in [3.05, 3.63) is 24.3 Å². The number of hydrogen-bond donors (Lipinski definition) is 2. The van der Waals surface area contributed by atoms with Gasteiger partial charge in [-0.1, -0.05) is 23.9 Å². The third kappa shape index (κ3) is 3.98. The number of halogens is 2. The lowest BCUT2D eigenvalue weighted by atomic mass is 10.2. The summed E-state index contributed by atoms with van der Waals surface area (Å²) in [7, 11) is 0. The number of anilines is 1. The first-order chi connectivity index (χ1) is 7.50. The summed E-state index contributed by atoms with van der Waals surface area (Å²) in [6, 6.07) is 6.66. The molecule has 2 N–H and O–H groups in total. The Balaban J connectivity index is 2.78. The Hall–Kier alpha value is -0.810. The van der Waals surface area contributed by atoms with Crippen molar-refractivity contribution < 1.29 is 13.9 Å². The molecule has 0 fully saturated rings. The first-order valence-corrected chi connectivity index (χ1v) is 5.87. The van der Waals surface area contributed by atoms with Crippen LogP contribution in [0.2, 0.25) is 0 Å². The smallest absolute Gasteiger partial charge is 0.288 e. The summed E-state index contributed by atoms with van der Waals surface area (Å²) >= 11 is 0.501. The quantitative estimate of drug-likeness (QED) is 0.784. The molecule has 0 aliphatic carbocycles. The highest BCUT2D eigenvalue weighted by Crippen LogP contribution is 2.32. The molecule has 1 aromatic rings. The van der Waals surface area contributed by atoms with Gasteiger partial charge in [-0.2, -0.15) is 8.78 Å². The number of benzene rings is 1. The van der Waals surface area contributed by atoms with Crippen LogP contribution in [0.4, 0.5) is 14.5 Å². The average molecular weight is 247 g/mol. The van der Waals surface area contributed by atoms with Crippen LogP contribution in [0.25, 0.3) is 0 Å². The second-order valence-corrected chi connectivity index (χ2v) is 4.58. The lowest BCUT2D eigenvalue weighted by Crippen LogP contribution is -2.28. The van der Waals surface area contributed by atoms with Crippen LogP contribution in [0.5, 0.6) is 0 Å². The van der Waals surface area contributed by atoms with E-state index >= 15 is 0 Å². The summed E-state index contributed by atoms with van der Waals surface area (Å²) in [5.41, 5.74) is 0.626. The van der Waals surface area contributed by atoms with E-state index in [9.17, 15) is 13.9 Å². The lowest BCUT2D eigenvalue weighted by Gasteiger charge is -2.19. The number of hydrogen-bond acceptors (Lipinski definition) is 3. The summed E-state index contributed by atoms with van der Waals surface area (Å²) in [4.78, 5) is 0.491. The van der Waals surface area contributed by atoms with Crippen molar-refractivity contribution in [3.63, 3.8) is 0 Å². The largest absolute Gasteiger partial charge is 0.391 e. The van der Waals surface area contributed by atoms with Gasteiger partial charge in [-0.05, 0) is 26.0 Å². The van der Waals surface area contributed by atoms with Crippen LogP contribution in [-0.4, -0.2) is 23.0 Å². The van der Waals surface area contributed by atoms with Crippen LogP contribution >= 0.6 is 11.8 Å². The topological polar surface area (TPSA) is 32.3 Å². The maximum absolute atomic E-state index is 12.3. The molecule has 0 spiro atoms. The van der Waals surface area contributed by atoms with Crippen molar-refractivity contribution in [1.82, 2.24) is 0 Å². The highest BCUT2D eigenvalue weighted by Gasteiger charge is 2.13. The standard InChI is InChI=1S/C11H15F2NOS/c1-7(8(2)15)14-9-5-3-4-6-10(9)16-11(12)13/h3-8,11,14-15H,1-2H3. The third-order valence-electron chi connectivity index (χ3n) is 2.21. The van der Waals surface area contributed by atoms with Gasteiger partial charge in [-0.15, -0.1) is 0 Å². The molecule has 2 atom stereocenters. The van der Waals surface area contributed by atoms with E-state index < -0.39 is 11.9 Å². The molecule has 0 aromatic heterocycles. The molecule has 2 unspecified atom stereocenters. The molecule has 16 heavy (non-hydrogen) atoms. The summed E-state index contributed by atoms with van der Waals surface area (Å²) in [5, 5.41) is 12.3. The van der Waals surface area contributed by atoms with Crippen LogP contribution in [0, 0.1) is 0 Å². The molecule has 1 rings (SSSR count). The van der Waals surface area contributed by atoms with Crippen molar-refractivity contribution in [2.75, 3.05) is 5.32 Å². The average Bonchev–Trinajstić information content (AvgIpc) is 2.20. The zero-order valence-electron chi connectivity index (χ0n) is 9.15. The zero-order valence-corrected chi connectivity index (χ0v) is 9.97. The van der Waals surface area contributed by atoms with Gasteiger partial charge >= 0.3 is 0 Å². The Kier molecular flexibility index (Phi) is 5.02. The number of rotatable bonds is 5. The van der Waals surface area contributed by atoms with E-state index in [1.54, 1.807) is 38.1 Å². The normalized spacial score (nSPS) is 14.9. The summed E-state index contributed by atoms with van der Waals surface area (Å²) < 4.78 is 24.6. The molecule has 2 nitrogen and oxygen atoms in total. The Morgan fingerprint density at radius 2 is 1.88 bits per heavy atom. The predicted octanol–water partition coefficient (Wildman–Crippen LogP) is 3.18. The summed E-state index contributed by atoms with van der Waals surface area (Å²) in [6.07, 6.45) is -0.537. The SMILES string of the molecule is CC(O)C(C)Nc1ccccc1SC(F)F. The molecule has 0 bridgehead atoms. The number of aliphatic hydroxyl groups excluding tert-OH is 1. The Labute approximate surface area is 98.1 Å². The fraction of sp³-hybridized carbons (Fsp3) is 0.455. The molecule has 0 saturated heterocycles. The zero-order chi connectivity index (χ0) is 12.1. The molecular formula is C11H15F2NOS. The minimum absolute atomic E-state index is 0.181. The maximum atomic E-state index is 12.3. The van der Waals surface area contributed by atoms with E-state index in [1.165, 1.54) is 0 Å². The molecule has 1 aromatic carbocycles. The van der Waals surface area contributed by atoms with Crippen molar-refractivity contribution in [2.24, 2.45) is 0 Å². The van der Waals surface area contributed by atoms with E-state index in [4.69, 9.17) is 0 Å². The molecule has 5 heteroatoms. The first-order valence-electron chi connectivity index (χ1n) is 4.99. The molecule has 0 aliphatic rings. The number of alkyl halides is 2. The monoisotopic (exact) mass is 247 g/mol. The number of aliphatic hydroxyl groups is 1. The number of nitrogens with one attached hydrogen (secondary N) is 1. The minimum atomic E-state index is -2.44. The highest BCUT2D eigenvalue weighted by molar-refractivity contribution is 7.99. The van der Waals surface area contributed by atoms with Crippen LogP contribution in [0.15, 0.2) is 29.2 Å². The molecule has 90 valence electrons. The second-order valence-electron chi connectivity index (χ2n) is 3.55. The minimum Gasteiger partial charge on any atom is -0.391 e. The summed E-state index contributed by atoms with van der Waals surface area (Å²) in [5.74, 6) is -2.44. The van der Waals surface area contributed by atoms with E-state index in [0.29, 0.717) is 22.3 Å². The highest BCUT2D eigenvalue weighted by atomic mass is 32.2. The molecule has 0 heterocycles. The number of para-hydroxylation sites is 1. The first kappa shape index (κ1) is 13.3. The van der Waals surface area contributed by atoms with Crippen molar-refractivity contribution in [1.29, 1.82) is 0 Å². The molecular weight excluding hydrogens is 232 g/mol. The van der Waals surface area contributed by atoms with Gasteiger partial charge in [-0.3, -0.25) is 0 Å². The van der Waals surface area contributed by atoms with Crippen LogP contribution < -0.4 is 5.32 Å². The molecule has 0 radical (unpaired) electrons. The van der Waals surface area contributed by atoms with E-state index in [0.717, 1.165) is 0 Å². The molecule has 0 saturated carbocycles. The van der Waals surface area contributed by atoms with Gasteiger partial charge in [0.15, 0.2) is 0 Å². The van der Waals surface area contributed by atoms with Crippen molar-refractivity contribution >= 4 is 17.4 Å². The second kappa shape index (κ2) is 6.06. The van der Waals surface area contributed by atoms with Gasteiger partial charge in [0.05, 0.1) is 6.10 Å². The fourth-order valence-electron chi connectivity index (χ4n) is 1.15. The maximum Gasteiger partial charge on any atom is 0.288 e. The van der Waals surface area contributed by atoms with Gasteiger partial charge in [0, 0.05) is 16.6 Å². The van der Waals surface area contributed by atoms with Gasteiger partial charge in [0.25, 0.3) is 5.76 Å². The predicted molar refractivity (Wildman–Crippen MR) is 63.1 cm³/mol. The van der Waals surface area contributed by atoms with Gasteiger partial charge in [0.1, 0.15) is 0 Å². The van der Waals surface area contributed by atoms with Gasteiger partial charge in [0.2, 0.25) is 0 Å². The Morgan fingerprint density at radius 3 is 2.44 bits per heavy atom. The Morgan fingerprint density at radius 1 is 1.25 bits per heavy atom. The summed E-state index contributed by atoms with van der Waals surface area (Å²) in [6.45, 7) is 3.45. The molecule has 0 aliphatic heterocycles. The van der Waals surface area contributed by atoms with Crippen molar-refractivity contribution in [2.45, 2.75) is 36.6 Å². The Bertz CT molecular complexity index is 334. The molecule has 0 amide bonds. The third-order valence-corrected chi connectivity index (χ3v) is 3.00. The van der Waals surface area contributed by atoms with Crippen LogP contribution in [0.3, 0.4) is 0 Å². The van der Waals surface area contributed by atoms with E-state index in [1.807, 2.05) is 0 Å². The van der Waals surface area contributed by atoms with Crippen LogP contribution in [-0.2, 0) is 0 Å². The van der Waals surface area contributed by atoms with Crippen molar-refractivity contribution in [3.8, 4) is 0 Å². The van der Waals surface area contributed by atoms with Gasteiger partial charge < -0.3 is 10.4 Å². The van der Waals surface area contributed by atoms with E-state index in [-0.39, 0.29) is 6.04 Å². The van der Waals surface area contributed by atoms with E-state index in [2.05, 4.69) is 5.32 Å². The fourth-order valence-corrected chi connectivity index (χ4v) is 1.75. The van der Waals surface area contributed by atoms with Crippen LogP contribution in [0.1, 0.15) is 13.8 Å². The lowest BCUT2D eigenvalue weighted by molar-refractivity contribution is 0.178. The number of thioether (sulfide) groups is 1. The van der Waals surface area contributed by atoms with Gasteiger partial charge in [-0.25, -0.2) is 0 Å².